The lowest BCUT2D eigenvalue weighted by Gasteiger charge is -2.34. The summed E-state index contributed by atoms with van der Waals surface area (Å²) in [6.45, 7) is 1.47. The Labute approximate surface area is 117 Å². The van der Waals surface area contributed by atoms with Gasteiger partial charge in [0.2, 0.25) is 0 Å². The zero-order valence-corrected chi connectivity index (χ0v) is 11.1. The van der Waals surface area contributed by atoms with Crippen LogP contribution in [0.25, 0.3) is 10.9 Å². The van der Waals surface area contributed by atoms with Crippen LogP contribution in [0, 0.1) is 0 Å². The number of benzene rings is 1. The number of aromatic nitrogens is 1. The number of pyridine rings is 1. The molecule has 1 aromatic carbocycles. The Morgan fingerprint density at radius 1 is 1.25 bits per heavy atom. The topological polar surface area (TPSA) is 37.7 Å². The molecule has 0 saturated carbocycles. The molecule has 0 spiro atoms. The van der Waals surface area contributed by atoms with Crippen molar-refractivity contribution in [2.45, 2.75) is 19.0 Å². The SMILES string of the molecule is C1=CN=CC(N2COc3c(ccc4cccnc34)C2)C1. The van der Waals surface area contributed by atoms with Crippen LogP contribution in [0.15, 0.2) is 47.7 Å². The van der Waals surface area contributed by atoms with Gasteiger partial charge in [0, 0.05) is 36.1 Å². The maximum absolute atomic E-state index is 5.98. The highest BCUT2D eigenvalue weighted by Gasteiger charge is 2.25. The van der Waals surface area contributed by atoms with E-state index in [0.29, 0.717) is 12.8 Å². The van der Waals surface area contributed by atoms with E-state index in [1.807, 2.05) is 24.7 Å². The molecule has 4 rings (SSSR count). The van der Waals surface area contributed by atoms with Crippen LogP contribution in [0.1, 0.15) is 12.0 Å². The fourth-order valence-corrected chi connectivity index (χ4v) is 2.78. The highest BCUT2D eigenvalue weighted by molar-refractivity contribution is 5.85. The van der Waals surface area contributed by atoms with E-state index in [1.54, 1.807) is 0 Å². The largest absolute Gasteiger partial charge is 0.475 e. The van der Waals surface area contributed by atoms with Crippen LogP contribution in [-0.2, 0) is 6.54 Å². The van der Waals surface area contributed by atoms with Crippen LogP contribution in [0.3, 0.4) is 0 Å². The summed E-state index contributed by atoms with van der Waals surface area (Å²) < 4.78 is 5.98. The van der Waals surface area contributed by atoms with Crippen molar-refractivity contribution < 1.29 is 4.74 Å². The number of ether oxygens (including phenoxy) is 1. The van der Waals surface area contributed by atoms with Gasteiger partial charge in [-0.05, 0) is 12.5 Å². The first-order valence-electron chi connectivity index (χ1n) is 6.83. The van der Waals surface area contributed by atoms with Crippen molar-refractivity contribution in [1.82, 2.24) is 9.88 Å². The second-order valence-corrected chi connectivity index (χ2v) is 5.14. The van der Waals surface area contributed by atoms with Gasteiger partial charge in [0.1, 0.15) is 12.2 Å². The molecular weight excluding hydrogens is 250 g/mol. The molecule has 2 aromatic rings. The van der Waals surface area contributed by atoms with Gasteiger partial charge in [-0.15, -0.1) is 0 Å². The fraction of sp³-hybridized carbons (Fsp3) is 0.250. The minimum atomic E-state index is 0.326. The van der Waals surface area contributed by atoms with Crippen LogP contribution in [0.2, 0.25) is 0 Å². The molecule has 0 N–H and O–H groups in total. The molecule has 1 aromatic heterocycles. The Morgan fingerprint density at radius 3 is 3.15 bits per heavy atom. The van der Waals surface area contributed by atoms with Crippen LogP contribution < -0.4 is 4.74 Å². The molecule has 20 heavy (non-hydrogen) atoms. The summed E-state index contributed by atoms with van der Waals surface area (Å²) in [5.74, 6) is 0.933. The Bertz CT molecular complexity index is 708. The first-order valence-corrected chi connectivity index (χ1v) is 6.83. The van der Waals surface area contributed by atoms with Crippen LogP contribution in [0.5, 0.6) is 5.75 Å². The smallest absolute Gasteiger partial charge is 0.152 e. The van der Waals surface area contributed by atoms with Gasteiger partial charge in [-0.1, -0.05) is 24.3 Å². The zero-order valence-electron chi connectivity index (χ0n) is 11.1. The van der Waals surface area contributed by atoms with E-state index in [2.05, 4.69) is 39.2 Å². The Hall–Kier alpha value is -2.20. The summed E-state index contributed by atoms with van der Waals surface area (Å²) >= 11 is 0. The third-order valence-corrected chi connectivity index (χ3v) is 3.85. The van der Waals surface area contributed by atoms with E-state index in [-0.39, 0.29) is 0 Å². The number of fused-ring (bicyclic) bond motifs is 3. The van der Waals surface area contributed by atoms with Crippen molar-refractivity contribution in [1.29, 1.82) is 0 Å². The van der Waals surface area contributed by atoms with Crippen LogP contribution in [-0.4, -0.2) is 28.9 Å². The molecule has 3 heterocycles. The fourth-order valence-electron chi connectivity index (χ4n) is 2.78. The molecule has 2 aliphatic rings. The second kappa shape index (κ2) is 4.72. The highest BCUT2D eigenvalue weighted by atomic mass is 16.5. The van der Waals surface area contributed by atoms with Crippen molar-refractivity contribution in [2.24, 2.45) is 4.99 Å². The number of aliphatic imine (C=N–C) groups is 1. The van der Waals surface area contributed by atoms with Gasteiger partial charge in [-0.2, -0.15) is 0 Å². The molecule has 0 fully saturated rings. The summed E-state index contributed by atoms with van der Waals surface area (Å²) in [5, 5.41) is 1.13. The van der Waals surface area contributed by atoms with Crippen molar-refractivity contribution in [2.75, 3.05) is 6.73 Å². The molecule has 0 amide bonds. The Balaban J connectivity index is 1.68. The third kappa shape index (κ3) is 1.89. The predicted octanol–water partition coefficient (Wildman–Crippen LogP) is 2.74. The number of hydrogen-bond acceptors (Lipinski definition) is 4. The van der Waals surface area contributed by atoms with Gasteiger partial charge in [0.25, 0.3) is 0 Å². The average Bonchev–Trinajstić information content (AvgIpc) is 2.55. The maximum Gasteiger partial charge on any atom is 0.152 e. The van der Waals surface area contributed by atoms with E-state index in [4.69, 9.17) is 4.74 Å². The standard InChI is InChI=1S/C16H15N3O/c1-3-12-5-6-13-10-19(14-4-2-7-17-9-14)11-20-16(13)15(12)18-8-1/h1-3,5-9,14H,4,10-11H2. The molecule has 0 aliphatic carbocycles. The molecule has 1 atom stereocenters. The van der Waals surface area contributed by atoms with Gasteiger partial charge in [-0.3, -0.25) is 14.9 Å². The van der Waals surface area contributed by atoms with Crippen molar-refractivity contribution in [3.05, 3.63) is 48.3 Å². The lowest BCUT2D eigenvalue weighted by molar-refractivity contribution is 0.0815. The van der Waals surface area contributed by atoms with E-state index in [9.17, 15) is 0 Å². The number of hydrogen-bond donors (Lipinski definition) is 0. The molecular formula is C16H15N3O. The summed E-state index contributed by atoms with van der Waals surface area (Å²) in [7, 11) is 0. The maximum atomic E-state index is 5.98. The van der Waals surface area contributed by atoms with Crippen molar-refractivity contribution in [3.63, 3.8) is 0 Å². The predicted molar refractivity (Wildman–Crippen MR) is 78.8 cm³/mol. The minimum absolute atomic E-state index is 0.326. The molecule has 0 saturated heterocycles. The number of rotatable bonds is 1. The molecule has 0 bridgehead atoms. The molecule has 4 heteroatoms. The Kier molecular flexibility index (Phi) is 2.74. The lowest BCUT2D eigenvalue weighted by Crippen LogP contribution is -2.41. The van der Waals surface area contributed by atoms with Crippen molar-refractivity contribution in [3.8, 4) is 5.75 Å². The van der Waals surface area contributed by atoms with Crippen LogP contribution in [0.4, 0.5) is 0 Å². The van der Waals surface area contributed by atoms with E-state index in [0.717, 1.165) is 29.6 Å². The van der Waals surface area contributed by atoms with E-state index < -0.39 is 0 Å². The van der Waals surface area contributed by atoms with E-state index >= 15 is 0 Å². The summed E-state index contributed by atoms with van der Waals surface area (Å²) in [4.78, 5) is 11.0. The van der Waals surface area contributed by atoms with Crippen LogP contribution >= 0.6 is 0 Å². The normalized spacial score (nSPS) is 21.7. The van der Waals surface area contributed by atoms with Crippen molar-refractivity contribution >= 4 is 17.1 Å². The molecule has 0 radical (unpaired) electrons. The average molecular weight is 265 g/mol. The van der Waals surface area contributed by atoms with Gasteiger partial charge >= 0.3 is 0 Å². The molecule has 100 valence electrons. The summed E-state index contributed by atoms with van der Waals surface area (Å²) in [5.41, 5.74) is 2.16. The van der Waals surface area contributed by atoms with Gasteiger partial charge in [0.15, 0.2) is 5.75 Å². The summed E-state index contributed by atoms with van der Waals surface area (Å²) in [6.07, 6.45) is 8.76. The van der Waals surface area contributed by atoms with E-state index in [1.165, 1.54) is 5.56 Å². The first-order chi connectivity index (χ1) is 9.92. The zero-order chi connectivity index (χ0) is 13.4. The second-order valence-electron chi connectivity index (χ2n) is 5.14. The molecule has 2 aliphatic heterocycles. The molecule has 4 nitrogen and oxygen atoms in total. The lowest BCUT2D eigenvalue weighted by atomic mass is 10.1. The quantitative estimate of drug-likeness (QED) is 0.795. The van der Waals surface area contributed by atoms with Gasteiger partial charge in [-0.25, -0.2) is 0 Å². The van der Waals surface area contributed by atoms with Gasteiger partial charge in [0.05, 0.1) is 6.04 Å². The minimum Gasteiger partial charge on any atom is -0.475 e. The van der Waals surface area contributed by atoms with Gasteiger partial charge < -0.3 is 4.74 Å². The third-order valence-electron chi connectivity index (χ3n) is 3.85. The Morgan fingerprint density at radius 2 is 2.25 bits per heavy atom. The highest BCUT2D eigenvalue weighted by Crippen LogP contribution is 2.32. The monoisotopic (exact) mass is 265 g/mol. The number of nitrogens with zero attached hydrogens (tertiary/aromatic N) is 3. The summed E-state index contributed by atoms with van der Waals surface area (Å²) in [6, 6.07) is 8.60. The first kappa shape index (κ1) is 11.6. The molecule has 1 unspecified atom stereocenters.